The summed E-state index contributed by atoms with van der Waals surface area (Å²) in [5.74, 6) is -0.710. The molecule has 1 heterocycles. The summed E-state index contributed by atoms with van der Waals surface area (Å²) in [6, 6.07) is -1.20. The topological polar surface area (TPSA) is 189 Å². The first-order chi connectivity index (χ1) is 41.2. The maximum atomic E-state index is 13.3. The summed E-state index contributed by atoms with van der Waals surface area (Å²) < 4.78 is 11.2. The van der Waals surface area contributed by atoms with Crippen molar-refractivity contribution in [3.8, 4) is 0 Å². The average molecular weight is 1190 g/mol. The van der Waals surface area contributed by atoms with Crippen LogP contribution in [0.3, 0.4) is 0 Å². The van der Waals surface area contributed by atoms with Gasteiger partial charge in [-0.05, 0) is 96.3 Å². The monoisotopic (exact) mass is 1190 g/mol. The van der Waals surface area contributed by atoms with Gasteiger partial charge in [0.2, 0.25) is 5.91 Å². The molecule has 11 nitrogen and oxygen atoms in total. The molecule has 8 N–H and O–H groups in total. The van der Waals surface area contributed by atoms with Crippen molar-refractivity contribution in [2.75, 3.05) is 13.2 Å². The van der Waals surface area contributed by atoms with Gasteiger partial charge in [-0.15, -0.1) is 0 Å². The third-order valence-corrected chi connectivity index (χ3v) is 17.0. The summed E-state index contributed by atoms with van der Waals surface area (Å²) in [4.78, 5) is 13.3. The molecule has 0 saturated carbocycles. The zero-order valence-electron chi connectivity index (χ0n) is 54.4. The number of carbonyl (C=O) groups is 1. The molecular formula is C73H135NO10. The van der Waals surface area contributed by atoms with Crippen LogP contribution in [0, 0.1) is 0 Å². The largest absolute Gasteiger partial charge is 0.394 e. The Kier molecular flexibility index (Phi) is 58.0. The van der Waals surface area contributed by atoms with Gasteiger partial charge in [-0.2, -0.15) is 0 Å². The molecule has 1 amide bonds. The van der Waals surface area contributed by atoms with Crippen LogP contribution in [0.25, 0.3) is 0 Å². The minimum Gasteiger partial charge on any atom is -0.394 e. The van der Waals surface area contributed by atoms with Crippen LogP contribution in [0.5, 0.6) is 0 Å². The Morgan fingerprint density at radius 2 is 0.750 bits per heavy atom. The van der Waals surface area contributed by atoms with E-state index in [2.05, 4.69) is 79.9 Å². The molecular weight excluding hydrogens is 1050 g/mol. The van der Waals surface area contributed by atoms with Crippen molar-refractivity contribution in [2.45, 2.75) is 384 Å². The maximum Gasteiger partial charge on any atom is 0.249 e. The second-order valence-corrected chi connectivity index (χ2v) is 24.9. The maximum absolute atomic E-state index is 13.3. The minimum atomic E-state index is -1.68. The second-order valence-electron chi connectivity index (χ2n) is 24.9. The number of hydrogen-bond donors (Lipinski definition) is 8. The van der Waals surface area contributed by atoms with Gasteiger partial charge in [0.15, 0.2) is 6.29 Å². The summed E-state index contributed by atoms with van der Waals surface area (Å²) in [5.41, 5.74) is 0. The van der Waals surface area contributed by atoms with Gasteiger partial charge in [0.25, 0.3) is 0 Å². The molecule has 0 aliphatic carbocycles. The zero-order chi connectivity index (χ0) is 61.0. The highest BCUT2D eigenvalue weighted by Gasteiger charge is 2.44. The standard InChI is InChI=1S/C73H135NO10/c1-3-5-7-9-11-13-15-17-19-21-23-25-27-29-30-31-32-33-34-35-37-39-41-43-45-47-49-51-53-55-57-59-61-66(77)72(82)74-64(63-83-73-71(81)70(80)69(79)67(62-75)84-73)68(78)65(76)60-58-56-54-52-50-48-46-44-42-40-38-36-28-26-24-22-20-18-16-14-12-10-8-6-4-2/h23,25,29-30,36,38,44,46,52,54,64-71,73,75-81H,3-22,24,26-28,31-35,37,39-43,45,47-51,53,55-63H2,1-2H3,(H,74,82)/b25-23-,30-29-,38-36+,46-44+,54-52+. The van der Waals surface area contributed by atoms with Gasteiger partial charge >= 0.3 is 0 Å². The Morgan fingerprint density at radius 3 is 1.13 bits per heavy atom. The fraction of sp³-hybridized carbons (Fsp3) is 0.849. The van der Waals surface area contributed by atoms with Crippen molar-refractivity contribution in [3.63, 3.8) is 0 Å². The summed E-state index contributed by atoms with van der Waals surface area (Å²) in [7, 11) is 0. The first-order valence-corrected chi connectivity index (χ1v) is 35.7. The number of amides is 1. The number of ether oxygens (including phenoxy) is 2. The Bertz CT molecular complexity index is 1550. The summed E-state index contributed by atoms with van der Waals surface area (Å²) in [5, 5.41) is 76.5. The number of aliphatic hydroxyl groups excluding tert-OH is 7. The predicted molar refractivity (Wildman–Crippen MR) is 353 cm³/mol. The van der Waals surface area contributed by atoms with Crippen LogP contribution >= 0.6 is 0 Å². The molecule has 0 bridgehead atoms. The summed E-state index contributed by atoms with van der Waals surface area (Å²) in [6.45, 7) is 3.47. The molecule has 1 aliphatic rings. The second kappa shape index (κ2) is 61.1. The Morgan fingerprint density at radius 1 is 0.417 bits per heavy atom. The van der Waals surface area contributed by atoms with E-state index >= 15 is 0 Å². The molecule has 1 fully saturated rings. The lowest BCUT2D eigenvalue weighted by atomic mass is 9.98. The van der Waals surface area contributed by atoms with Crippen LogP contribution in [0.2, 0.25) is 0 Å². The van der Waals surface area contributed by atoms with Crippen LogP contribution in [0.1, 0.15) is 328 Å². The highest BCUT2D eigenvalue weighted by atomic mass is 16.7. The molecule has 0 aromatic carbocycles. The molecule has 1 aliphatic heterocycles. The Labute approximate surface area is 516 Å². The molecule has 1 rings (SSSR count). The summed E-state index contributed by atoms with van der Waals surface area (Å²) in [6.07, 6.45) is 70.2. The van der Waals surface area contributed by atoms with Gasteiger partial charge in [-0.25, -0.2) is 0 Å². The molecule has 0 radical (unpaired) electrons. The minimum absolute atomic E-state index is 0.240. The van der Waals surface area contributed by atoms with Crippen molar-refractivity contribution in [2.24, 2.45) is 0 Å². The van der Waals surface area contributed by atoms with E-state index in [0.717, 1.165) is 51.4 Å². The number of aliphatic hydroxyl groups is 7. The molecule has 0 aromatic rings. The van der Waals surface area contributed by atoms with E-state index in [1.165, 1.54) is 231 Å². The van der Waals surface area contributed by atoms with E-state index < -0.39 is 74.2 Å². The van der Waals surface area contributed by atoms with Crippen molar-refractivity contribution >= 4 is 5.91 Å². The van der Waals surface area contributed by atoms with E-state index in [9.17, 15) is 40.5 Å². The number of rotatable bonds is 62. The fourth-order valence-electron chi connectivity index (χ4n) is 11.3. The van der Waals surface area contributed by atoms with Crippen molar-refractivity contribution in [1.82, 2.24) is 5.32 Å². The van der Waals surface area contributed by atoms with Crippen LogP contribution in [-0.4, -0.2) is 110 Å². The van der Waals surface area contributed by atoms with E-state index in [0.29, 0.717) is 19.3 Å². The molecule has 9 unspecified atom stereocenters. The van der Waals surface area contributed by atoms with Gasteiger partial charge in [0.05, 0.1) is 25.4 Å². The number of hydrogen-bond acceptors (Lipinski definition) is 10. The number of nitrogens with one attached hydrogen (secondary N) is 1. The van der Waals surface area contributed by atoms with E-state index in [1.807, 2.05) is 0 Å². The van der Waals surface area contributed by atoms with Crippen LogP contribution in [0.4, 0.5) is 0 Å². The molecule has 0 spiro atoms. The highest BCUT2D eigenvalue weighted by Crippen LogP contribution is 2.24. The van der Waals surface area contributed by atoms with Crippen molar-refractivity contribution in [3.05, 3.63) is 60.8 Å². The molecule has 84 heavy (non-hydrogen) atoms. The Hall–Kier alpha value is -2.19. The lowest BCUT2D eigenvalue weighted by Crippen LogP contribution is -2.60. The predicted octanol–water partition coefficient (Wildman–Crippen LogP) is 17.3. The Balaban J connectivity index is 2.22. The lowest BCUT2D eigenvalue weighted by molar-refractivity contribution is -0.303. The van der Waals surface area contributed by atoms with Crippen LogP contribution in [0.15, 0.2) is 60.8 Å². The normalized spacial score (nSPS) is 19.3. The van der Waals surface area contributed by atoms with Crippen LogP contribution < -0.4 is 5.32 Å². The first-order valence-electron chi connectivity index (χ1n) is 35.7. The van der Waals surface area contributed by atoms with Crippen molar-refractivity contribution < 1.29 is 50.0 Å². The summed E-state index contributed by atoms with van der Waals surface area (Å²) >= 11 is 0. The lowest BCUT2D eigenvalue weighted by Gasteiger charge is -2.40. The third kappa shape index (κ3) is 47.8. The fourth-order valence-corrected chi connectivity index (χ4v) is 11.3. The number of unbranched alkanes of at least 4 members (excludes halogenated alkanes) is 40. The van der Waals surface area contributed by atoms with E-state index in [-0.39, 0.29) is 12.8 Å². The number of carbonyl (C=O) groups excluding carboxylic acids is 1. The van der Waals surface area contributed by atoms with Crippen LogP contribution in [-0.2, 0) is 14.3 Å². The third-order valence-electron chi connectivity index (χ3n) is 17.0. The zero-order valence-corrected chi connectivity index (χ0v) is 54.4. The van der Waals surface area contributed by atoms with Gasteiger partial charge in [0, 0.05) is 0 Å². The van der Waals surface area contributed by atoms with Gasteiger partial charge < -0.3 is 50.5 Å². The molecule has 1 saturated heterocycles. The van der Waals surface area contributed by atoms with E-state index in [4.69, 9.17) is 9.47 Å². The van der Waals surface area contributed by atoms with E-state index in [1.54, 1.807) is 0 Å². The number of allylic oxidation sites excluding steroid dienone is 10. The van der Waals surface area contributed by atoms with Gasteiger partial charge in [-0.3, -0.25) is 4.79 Å². The molecule has 492 valence electrons. The van der Waals surface area contributed by atoms with Gasteiger partial charge in [0.1, 0.15) is 36.6 Å². The first kappa shape index (κ1) is 79.8. The molecule has 9 atom stereocenters. The molecule has 11 heteroatoms. The van der Waals surface area contributed by atoms with Gasteiger partial charge in [-0.1, -0.05) is 293 Å². The SMILES string of the molecule is CCCCCCCCCCC/C=C\C/C=C\CCCCCCCCCCCCCCCCCCC(O)C(=O)NC(COC1OC(CO)C(O)C(O)C1O)C(O)C(O)CCC/C=C/CC/C=C/CC/C=C/CCCCCCCCCCCCCC. The smallest absolute Gasteiger partial charge is 0.249 e. The average Bonchev–Trinajstić information content (AvgIpc) is 3.69. The van der Waals surface area contributed by atoms with Crippen molar-refractivity contribution in [1.29, 1.82) is 0 Å². The quantitative estimate of drug-likeness (QED) is 0.0215. The highest BCUT2D eigenvalue weighted by molar-refractivity contribution is 5.80. The molecule has 0 aromatic heterocycles.